The Morgan fingerprint density at radius 3 is 1.29 bits per heavy atom. The van der Waals surface area contributed by atoms with Crippen LogP contribution in [0, 0.1) is 11.8 Å². The Bertz CT molecular complexity index is 207. The van der Waals surface area contributed by atoms with E-state index >= 15 is 0 Å². The molecule has 0 aliphatic carbocycles. The van der Waals surface area contributed by atoms with Gasteiger partial charge in [0.15, 0.2) is 0 Å². The van der Waals surface area contributed by atoms with Crippen molar-refractivity contribution in [2.24, 2.45) is 23.3 Å². The second kappa shape index (κ2) is 4.92. The minimum atomic E-state index is -1.15. The van der Waals surface area contributed by atoms with Gasteiger partial charge in [-0.3, -0.25) is 9.59 Å². The van der Waals surface area contributed by atoms with Crippen LogP contribution in [0.5, 0.6) is 0 Å². The van der Waals surface area contributed by atoms with Crippen LogP contribution in [0.15, 0.2) is 0 Å². The van der Waals surface area contributed by atoms with E-state index < -0.39 is 35.9 Å². The van der Waals surface area contributed by atoms with Crippen LogP contribution in [-0.4, -0.2) is 34.2 Å². The molecular formula is C8H16N2O4. The maximum Gasteiger partial charge on any atom is 0.320 e. The zero-order valence-corrected chi connectivity index (χ0v) is 8.18. The molecule has 0 saturated heterocycles. The van der Waals surface area contributed by atoms with Gasteiger partial charge in [-0.25, -0.2) is 0 Å². The van der Waals surface area contributed by atoms with Crippen LogP contribution in [0.25, 0.3) is 0 Å². The molecule has 0 amide bonds. The fraction of sp³-hybridized carbons (Fsp3) is 0.750. The van der Waals surface area contributed by atoms with Gasteiger partial charge in [0.05, 0.1) is 0 Å². The Morgan fingerprint density at radius 1 is 0.929 bits per heavy atom. The number of carbonyl (C=O) groups is 2. The molecule has 0 aromatic carbocycles. The first kappa shape index (κ1) is 12.9. The molecule has 0 spiro atoms. The van der Waals surface area contributed by atoms with E-state index in [1.807, 2.05) is 0 Å². The van der Waals surface area contributed by atoms with E-state index in [4.69, 9.17) is 21.7 Å². The highest BCUT2D eigenvalue weighted by Gasteiger charge is 2.31. The fourth-order valence-corrected chi connectivity index (χ4v) is 1.10. The summed E-state index contributed by atoms with van der Waals surface area (Å²) >= 11 is 0. The van der Waals surface area contributed by atoms with Crippen molar-refractivity contribution in [2.45, 2.75) is 25.9 Å². The number of carboxylic acids is 2. The van der Waals surface area contributed by atoms with Crippen molar-refractivity contribution in [3.63, 3.8) is 0 Å². The van der Waals surface area contributed by atoms with Crippen LogP contribution in [0.4, 0.5) is 0 Å². The lowest BCUT2D eigenvalue weighted by Crippen LogP contribution is -2.47. The largest absolute Gasteiger partial charge is 0.480 e. The predicted molar refractivity (Wildman–Crippen MR) is 49.6 cm³/mol. The number of carboxylic acid groups (broad SMARTS) is 2. The van der Waals surface area contributed by atoms with Gasteiger partial charge in [0.2, 0.25) is 0 Å². The fourth-order valence-electron chi connectivity index (χ4n) is 1.10. The maximum atomic E-state index is 10.5. The number of hydrogen-bond acceptors (Lipinski definition) is 4. The summed E-state index contributed by atoms with van der Waals surface area (Å²) in [5, 5.41) is 17.2. The van der Waals surface area contributed by atoms with E-state index in [0.717, 1.165) is 0 Å². The van der Waals surface area contributed by atoms with Crippen molar-refractivity contribution in [2.75, 3.05) is 0 Å². The number of nitrogens with two attached hydrogens (primary N) is 2. The van der Waals surface area contributed by atoms with E-state index in [2.05, 4.69) is 0 Å². The highest BCUT2D eigenvalue weighted by molar-refractivity contribution is 5.75. The lowest BCUT2D eigenvalue weighted by molar-refractivity contribution is -0.143. The van der Waals surface area contributed by atoms with Crippen molar-refractivity contribution < 1.29 is 19.8 Å². The first-order chi connectivity index (χ1) is 6.29. The summed E-state index contributed by atoms with van der Waals surface area (Å²) in [7, 11) is 0. The normalized spacial score (nSPS) is 19.4. The molecule has 6 nitrogen and oxygen atoms in total. The zero-order valence-electron chi connectivity index (χ0n) is 8.18. The minimum Gasteiger partial charge on any atom is -0.480 e. The third-order valence-electron chi connectivity index (χ3n) is 2.53. The summed E-state index contributed by atoms with van der Waals surface area (Å²) in [5.74, 6) is -3.28. The minimum absolute atomic E-state index is 0.487. The van der Waals surface area contributed by atoms with Gasteiger partial charge in [-0.2, -0.15) is 0 Å². The molecule has 0 saturated carbocycles. The van der Waals surface area contributed by atoms with Gasteiger partial charge in [0.1, 0.15) is 12.1 Å². The summed E-state index contributed by atoms with van der Waals surface area (Å²) < 4.78 is 0. The van der Waals surface area contributed by atoms with E-state index in [9.17, 15) is 9.59 Å². The van der Waals surface area contributed by atoms with Gasteiger partial charge in [0, 0.05) is 0 Å². The summed E-state index contributed by atoms with van der Waals surface area (Å²) in [4.78, 5) is 21.0. The van der Waals surface area contributed by atoms with Crippen LogP contribution >= 0.6 is 0 Å². The summed E-state index contributed by atoms with van der Waals surface area (Å²) in [6, 6.07) is -2.18. The summed E-state index contributed by atoms with van der Waals surface area (Å²) in [6.07, 6.45) is 0. The smallest absolute Gasteiger partial charge is 0.320 e. The van der Waals surface area contributed by atoms with Gasteiger partial charge >= 0.3 is 11.9 Å². The lowest BCUT2D eigenvalue weighted by Gasteiger charge is -2.25. The van der Waals surface area contributed by atoms with E-state index in [1.165, 1.54) is 0 Å². The van der Waals surface area contributed by atoms with E-state index in [1.54, 1.807) is 13.8 Å². The molecule has 0 aromatic heterocycles. The molecule has 0 bridgehead atoms. The molecule has 4 atom stereocenters. The van der Waals surface area contributed by atoms with Crippen LogP contribution in [-0.2, 0) is 9.59 Å². The Morgan fingerprint density at radius 2 is 1.14 bits per heavy atom. The Kier molecular flexibility index (Phi) is 4.52. The standard InChI is InChI=1S/C8H16N2O4/c1-3(5(9)7(11)12)4(2)6(10)8(13)14/h3-6H,9-10H2,1-2H3,(H,11,12)(H,13,14). The highest BCUT2D eigenvalue weighted by Crippen LogP contribution is 2.17. The zero-order chi connectivity index (χ0) is 11.5. The molecule has 0 radical (unpaired) electrons. The number of hydrogen-bond donors (Lipinski definition) is 4. The molecular weight excluding hydrogens is 188 g/mol. The van der Waals surface area contributed by atoms with Gasteiger partial charge in [-0.1, -0.05) is 13.8 Å². The molecule has 0 fully saturated rings. The number of aliphatic carboxylic acids is 2. The second-order valence-electron chi connectivity index (χ2n) is 3.45. The Hall–Kier alpha value is -1.14. The Labute approximate surface area is 81.9 Å². The third-order valence-corrected chi connectivity index (χ3v) is 2.53. The predicted octanol–water partition coefficient (Wildman–Crippen LogP) is -0.918. The second-order valence-corrected chi connectivity index (χ2v) is 3.45. The average molecular weight is 204 g/mol. The molecule has 0 aliphatic heterocycles. The van der Waals surface area contributed by atoms with Crippen LogP contribution in [0.3, 0.4) is 0 Å². The van der Waals surface area contributed by atoms with Crippen molar-refractivity contribution in [3.05, 3.63) is 0 Å². The van der Waals surface area contributed by atoms with Crippen LogP contribution in [0.1, 0.15) is 13.8 Å². The van der Waals surface area contributed by atoms with Gasteiger partial charge in [0.25, 0.3) is 0 Å². The maximum absolute atomic E-state index is 10.5. The van der Waals surface area contributed by atoms with Crippen molar-refractivity contribution in [1.82, 2.24) is 0 Å². The molecule has 0 aromatic rings. The topological polar surface area (TPSA) is 127 Å². The lowest BCUT2D eigenvalue weighted by atomic mass is 9.84. The van der Waals surface area contributed by atoms with Gasteiger partial charge in [-0.05, 0) is 11.8 Å². The van der Waals surface area contributed by atoms with E-state index in [0.29, 0.717) is 0 Å². The Balaban J connectivity index is 4.45. The molecule has 0 rings (SSSR count). The molecule has 14 heavy (non-hydrogen) atoms. The van der Waals surface area contributed by atoms with Crippen molar-refractivity contribution in [1.29, 1.82) is 0 Å². The molecule has 6 N–H and O–H groups in total. The first-order valence-corrected chi connectivity index (χ1v) is 4.25. The molecule has 0 heterocycles. The van der Waals surface area contributed by atoms with Gasteiger partial charge < -0.3 is 21.7 Å². The molecule has 4 unspecified atom stereocenters. The number of rotatable bonds is 5. The van der Waals surface area contributed by atoms with Crippen LogP contribution in [0.2, 0.25) is 0 Å². The van der Waals surface area contributed by atoms with Gasteiger partial charge in [-0.15, -0.1) is 0 Å². The molecule has 0 aliphatic rings. The molecule has 6 heteroatoms. The summed E-state index contributed by atoms with van der Waals surface area (Å²) in [5.41, 5.74) is 10.7. The SMILES string of the molecule is CC(C(N)C(=O)O)C(C)C(N)C(=O)O. The first-order valence-electron chi connectivity index (χ1n) is 4.25. The van der Waals surface area contributed by atoms with Crippen molar-refractivity contribution >= 4 is 11.9 Å². The van der Waals surface area contributed by atoms with Crippen LogP contribution < -0.4 is 11.5 Å². The highest BCUT2D eigenvalue weighted by atomic mass is 16.4. The average Bonchev–Trinajstić information content (AvgIpc) is 2.12. The third kappa shape index (κ3) is 2.97. The monoisotopic (exact) mass is 204 g/mol. The summed E-state index contributed by atoms with van der Waals surface area (Å²) in [6.45, 7) is 3.15. The van der Waals surface area contributed by atoms with Crippen molar-refractivity contribution in [3.8, 4) is 0 Å². The molecule has 82 valence electrons. The van der Waals surface area contributed by atoms with E-state index in [-0.39, 0.29) is 0 Å². The quantitative estimate of drug-likeness (QED) is 0.459.